The van der Waals surface area contributed by atoms with Crippen molar-refractivity contribution in [1.29, 1.82) is 0 Å². The van der Waals surface area contributed by atoms with Crippen LogP contribution >= 0.6 is 0 Å². The molecule has 3 aromatic rings. The molecular formula is C61H86F4N8O10. The third kappa shape index (κ3) is 19.9. The van der Waals surface area contributed by atoms with Crippen LogP contribution in [-0.4, -0.2) is 184 Å². The molecule has 0 saturated carbocycles. The van der Waals surface area contributed by atoms with E-state index in [0.717, 1.165) is 67.6 Å². The summed E-state index contributed by atoms with van der Waals surface area (Å²) in [6, 6.07) is 12.3. The second-order valence-corrected chi connectivity index (χ2v) is 24.3. The lowest BCUT2D eigenvalue weighted by Gasteiger charge is -2.45. The fourth-order valence-corrected chi connectivity index (χ4v) is 10.9. The molecule has 4 aliphatic heterocycles. The first-order chi connectivity index (χ1) is 39.2. The molecule has 4 unspecified atom stereocenters. The molecule has 3 aromatic carbocycles. The second-order valence-electron chi connectivity index (χ2n) is 24.3. The standard InChI is InChI=1S/C34H46F2N4O5.C27H40F2N4O5/c1-5-6-12-39-21-25(18-30(39)41)32(43)37-28(17-24-15-26(35)19-27(36)16-24)31(42)29-22-38(20-23-10-8-7-9-11-23)13-14-40(29)33(44)45-34(2,3)4;1-5-6-8-32-16-18(13-23(32)34)25(36)31-21(12-17-10-19(28)14-20(29)11-17)24(35)22-15-30-7-9-33(22)26(37)38-27(2,3)4/h7-11,15-16,19,25,28-29,31,42H,5-6,12-14,17-18,20-22H2,1-4H3,(H,37,43);10-11,14,18,21-22,24,30,35H,5-9,12-13,15-16H2,1-4H3,(H,31,36)/t25?,28?,29-,31+;18?,21?,22-,24+/m11/s1. The largest absolute Gasteiger partial charge is 0.444 e. The van der Waals surface area contributed by atoms with E-state index in [1.54, 1.807) is 51.3 Å². The predicted octanol–water partition coefficient (Wildman–Crippen LogP) is 6.33. The topological polar surface area (TPSA) is 214 Å². The molecule has 18 nitrogen and oxygen atoms in total. The van der Waals surface area contributed by atoms with Crippen LogP contribution in [0.3, 0.4) is 0 Å². The van der Waals surface area contributed by atoms with E-state index in [0.29, 0.717) is 32.7 Å². The number of carbonyl (C=O) groups excluding carboxylic acids is 6. The van der Waals surface area contributed by atoms with E-state index in [1.807, 2.05) is 44.2 Å². The van der Waals surface area contributed by atoms with Gasteiger partial charge in [0.15, 0.2) is 0 Å². The highest BCUT2D eigenvalue weighted by molar-refractivity contribution is 5.90. The van der Waals surface area contributed by atoms with Crippen molar-refractivity contribution in [3.05, 3.63) is 107 Å². The van der Waals surface area contributed by atoms with Crippen LogP contribution in [0.15, 0.2) is 66.7 Å². The molecule has 0 spiro atoms. The van der Waals surface area contributed by atoms with Crippen molar-refractivity contribution in [3.63, 3.8) is 0 Å². The maximum Gasteiger partial charge on any atom is 0.410 e. The summed E-state index contributed by atoms with van der Waals surface area (Å²) < 4.78 is 67.5. The van der Waals surface area contributed by atoms with Crippen LogP contribution in [0.1, 0.15) is 111 Å². The lowest BCUT2D eigenvalue weighted by molar-refractivity contribution is -0.129. The molecule has 7 rings (SSSR count). The highest BCUT2D eigenvalue weighted by atomic mass is 19.1. The molecule has 0 aliphatic carbocycles. The van der Waals surface area contributed by atoms with E-state index in [9.17, 15) is 56.5 Å². The van der Waals surface area contributed by atoms with Crippen molar-refractivity contribution < 1.29 is 66.0 Å². The molecule has 0 aromatic heterocycles. The van der Waals surface area contributed by atoms with Gasteiger partial charge in [0.2, 0.25) is 23.6 Å². The van der Waals surface area contributed by atoms with E-state index in [1.165, 1.54) is 9.80 Å². The van der Waals surface area contributed by atoms with E-state index < -0.39 is 107 Å². The molecular weight excluding hydrogens is 1080 g/mol. The Morgan fingerprint density at radius 1 is 0.614 bits per heavy atom. The Kier molecular flexibility index (Phi) is 23.7. The lowest BCUT2D eigenvalue weighted by Crippen LogP contribution is -2.64. The number of carbonyl (C=O) groups is 6. The van der Waals surface area contributed by atoms with Gasteiger partial charge in [-0.3, -0.25) is 33.9 Å². The number of piperazine rings is 2. The number of nitrogens with one attached hydrogen (secondary N) is 3. The number of aliphatic hydroxyl groups is 2. The van der Waals surface area contributed by atoms with Crippen molar-refractivity contribution in [1.82, 2.24) is 40.4 Å². The number of halogens is 4. The minimum Gasteiger partial charge on any atom is -0.444 e. The number of benzene rings is 3. The molecule has 8 atom stereocenters. The van der Waals surface area contributed by atoms with Crippen molar-refractivity contribution in [2.45, 2.75) is 161 Å². The normalized spacial score (nSPS) is 21.2. The average Bonchev–Trinajstić information content (AvgIpc) is 4.08. The summed E-state index contributed by atoms with van der Waals surface area (Å²) in [6.07, 6.45) is -0.404. The van der Waals surface area contributed by atoms with Gasteiger partial charge in [-0.15, -0.1) is 0 Å². The zero-order chi connectivity index (χ0) is 60.8. The minimum absolute atomic E-state index is 0.0469. The van der Waals surface area contributed by atoms with Crippen LogP contribution in [0.4, 0.5) is 27.2 Å². The summed E-state index contributed by atoms with van der Waals surface area (Å²) in [6.45, 7) is 18.9. The molecule has 83 heavy (non-hydrogen) atoms. The Morgan fingerprint density at radius 2 is 1.05 bits per heavy atom. The number of aliphatic hydroxyl groups excluding tert-OH is 2. The third-order valence-corrected chi connectivity index (χ3v) is 15.0. The van der Waals surface area contributed by atoms with E-state index in [-0.39, 0.29) is 87.9 Å². The molecule has 0 bridgehead atoms. The Hall–Kier alpha value is -6.36. The molecule has 458 valence electrons. The van der Waals surface area contributed by atoms with Gasteiger partial charge in [0, 0.05) is 97.0 Å². The average molecular weight is 1170 g/mol. The quantitative estimate of drug-likeness (QED) is 0.0786. The zero-order valence-corrected chi connectivity index (χ0v) is 49.3. The molecule has 5 N–H and O–H groups in total. The van der Waals surface area contributed by atoms with Crippen LogP contribution in [0.5, 0.6) is 0 Å². The molecule has 4 saturated heterocycles. The summed E-state index contributed by atoms with van der Waals surface area (Å²) >= 11 is 0. The maximum absolute atomic E-state index is 14.2. The Morgan fingerprint density at radius 3 is 1.48 bits per heavy atom. The van der Waals surface area contributed by atoms with Gasteiger partial charge in [-0.2, -0.15) is 0 Å². The molecule has 6 amide bonds. The van der Waals surface area contributed by atoms with Crippen molar-refractivity contribution in [3.8, 4) is 0 Å². The highest BCUT2D eigenvalue weighted by Crippen LogP contribution is 2.27. The number of likely N-dealkylation sites (tertiary alicyclic amines) is 2. The maximum atomic E-state index is 14.2. The van der Waals surface area contributed by atoms with Crippen LogP contribution in [0.2, 0.25) is 0 Å². The number of ether oxygens (including phenoxy) is 2. The zero-order valence-electron chi connectivity index (χ0n) is 49.3. The van der Waals surface area contributed by atoms with E-state index in [2.05, 4.69) is 20.9 Å². The molecule has 22 heteroatoms. The van der Waals surface area contributed by atoms with Crippen molar-refractivity contribution in [2.75, 3.05) is 65.4 Å². The number of hydrogen-bond acceptors (Lipinski definition) is 12. The number of unbranched alkanes of at least 4 members (excludes halogenated alkanes) is 2. The van der Waals surface area contributed by atoms with Gasteiger partial charge < -0.3 is 45.4 Å². The van der Waals surface area contributed by atoms with E-state index >= 15 is 0 Å². The molecule has 4 heterocycles. The summed E-state index contributed by atoms with van der Waals surface area (Å²) in [4.78, 5) is 86.5. The van der Waals surface area contributed by atoms with Gasteiger partial charge in [-0.1, -0.05) is 57.0 Å². The molecule has 4 fully saturated rings. The lowest BCUT2D eigenvalue weighted by atomic mass is 9.93. The SMILES string of the molecule is CCCCN1CC(C(=O)NC(Cc2cc(F)cc(F)c2)[C@H](O)[C@H]2CN(Cc3ccccc3)CCN2C(=O)OC(C)(C)C)CC1=O.CCCCN1CC(C(=O)NC(Cc2cc(F)cc(F)c2)[C@H](O)[C@H]2CNCCN2C(=O)OC(C)(C)C)CC1=O. The van der Waals surface area contributed by atoms with Crippen LogP contribution in [-0.2, 0) is 48.0 Å². The monoisotopic (exact) mass is 1170 g/mol. The van der Waals surface area contributed by atoms with Crippen LogP contribution in [0.25, 0.3) is 0 Å². The van der Waals surface area contributed by atoms with Gasteiger partial charge >= 0.3 is 12.2 Å². The summed E-state index contributed by atoms with van der Waals surface area (Å²) in [7, 11) is 0. The van der Waals surface area contributed by atoms with Crippen molar-refractivity contribution >= 4 is 35.8 Å². The number of hydrogen-bond donors (Lipinski definition) is 5. The van der Waals surface area contributed by atoms with Crippen LogP contribution in [0, 0.1) is 35.1 Å². The van der Waals surface area contributed by atoms with Gasteiger partial charge in [0.25, 0.3) is 0 Å². The molecule has 0 radical (unpaired) electrons. The summed E-state index contributed by atoms with van der Waals surface area (Å²) in [5, 5.41) is 32.4. The first kappa shape index (κ1) is 65.8. The summed E-state index contributed by atoms with van der Waals surface area (Å²) in [5.41, 5.74) is 0.0216. The van der Waals surface area contributed by atoms with E-state index in [4.69, 9.17) is 9.47 Å². The number of rotatable bonds is 20. The first-order valence-electron chi connectivity index (χ1n) is 29.1. The van der Waals surface area contributed by atoms with Gasteiger partial charge in [-0.05, 0) is 108 Å². The fraction of sp³-hybridized carbons (Fsp3) is 0.607. The highest BCUT2D eigenvalue weighted by Gasteiger charge is 2.44. The van der Waals surface area contributed by atoms with Crippen LogP contribution < -0.4 is 16.0 Å². The summed E-state index contributed by atoms with van der Waals surface area (Å²) in [5.74, 6) is -5.40. The molecule has 4 aliphatic rings. The third-order valence-electron chi connectivity index (χ3n) is 15.0. The predicted molar refractivity (Wildman–Crippen MR) is 303 cm³/mol. The van der Waals surface area contributed by atoms with Gasteiger partial charge in [0.05, 0.1) is 48.2 Å². The first-order valence-corrected chi connectivity index (χ1v) is 29.1. The Bertz CT molecular complexity index is 2640. The number of amides is 6. The van der Waals surface area contributed by atoms with Gasteiger partial charge in [0.1, 0.15) is 34.5 Å². The smallest absolute Gasteiger partial charge is 0.410 e. The fourth-order valence-electron chi connectivity index (χ4n) is 10.9. The van der Waals surface area contributed by atoms with Gasteiger partial charge in [-0.25, -0.2) is 27.2 Å². The Labute approximate surface area is 485 Å². The second kappa shape index (κ2) is 29.9. The van der Waals surface area contributed by atoms with Crippen molar-refractivity contribution in [2.24, 2.45) is 11.8 Å². The number of nitrogens with zero attached hydrogens (tertiary/aromatic N) is 5. The Balaban J connectivity index is 0.000000271. The minimum atomic E-state index is -1.33.